The summed E-state index contributed by atoms with van der Waals surface area (Å²) in [6, 6.07) is 8.16. The van der Waals surface area contributed by atoms with Crippen LogP contribution in [-0.4, -0.2) is 9.97 Å². The fourth-order valence-corrected chi connectivity index (χ4v) is 2.59. The first kappa shape index (κ1) is 12.2. The van der Waals surface area contributed by atoms with Gasteiger partial charge in [0, 0.05) is 16.8 Å². The van der Waals surface area contributed by atoms with E-state index < -0.39 is 0 Å². The van der Waals surface area contributed by atoms with Gasteiger partial charge in [-0.1, -0.05) is 29.3 Å². The summed E-state index contributed by atoms with van der Waals surface area (Å²) in [5, 5.41) is 0.491. The van der Waals surface area contributed by atoms with E-state index in [0.717, 1.165) is 4.90 Å². The first-order valence-corrected chi connectivity index (χ1v) is 6.45. The summed E-state index contributed by atoms with van der Waals surface area (Å²) in [6.45, 7) is 2.04. The number of nitrogens with one attached hydrogen (secondary N) is 1. The summed E-state index contributed by atoms with van der Waals surface area (Å²) in [5.41, 5.74) is 1.45. The zero-order valence-electron chi connectivity index (χ0n) is 9.24. The molecule has 0 unspecified atom stereocenters. The van der Waals surface area contributed by atoms with Gasteiger partial charge in [-0.25, -0.2) is 4.79 Å². The van der Waals surface area contributed by atoms with E-state index in [1.54, 1.807) is 11.8 Å². The summed E-state index contributed by atoms with van der Waals surface area (Å²) in [5.74, 6) is 0.589. The van der Waals surface area contributed by atoms with Crippen LogP contribution in [0.1, 0.15) is 11.3 Å². The van der Waals surface area contributed by atoms with Crippen molar-refractivity contribution in [2.24, 2.45) is 0 Å². The summed E-state index contributed by atoms with van der Waals surface area (Å²) in [7, 11) is 0. The van der Waals surface area contributed by atoms with Gasteiger partial charge in [-0.2, -0.15) is 4.98 Å². The minimum Gasteiger partial charge on any atom is -0.311 e. The van der Waals surface area contributed by atoms with Crippen LogP contribution in [0.25, 0.3) is 0 Å². The van der Waals surface area contributed by atoms with E-state index in [9.17, 15) is 4.79 Å². The number of hydrogen-bond acceptors (Lipinski definition) is 3. The van der Waals surface area contributed by atoms with Crippen molar-refractivity contribution < 1.29 is 0 Å². The molecule has 1 N–H and O–H groups in total. The highest BCUT2D eigenvalue weighted by atomic mass is 35.5. The Morgan fingerprint density at radius 2 is 2.29 bits per heavy atom. The minimum absolute atomic E-state index is 0.366. The number of H-pyrrole nitrogens is 1. The number of hydrogen-bond donors (Lipinski definition) is 1. The molecular formula is C12H11ClN2OS. The van der Waals surface area contributed by atoms with Crippen molar-refractivity contribution in [1.82, 2.24) is 9.97 Å². The molecule has 2 aromatic rings. The average Bonchev–Trinajstić information content (AvgIpc) is 2.30. The van der Waals surface area contributed by atoms with Crippen LogP contribution in [0.5, 0.6) is 0 Å². The van der Waals surface area contributed by atoms with Gasteiger partial charge in [-0.05, 0) is 19.1 Å². The first-order valence-electron chi connectivity index (χ1n) is 5.09. The lowest BCUT2D eigenvalue weighted by Gasteiger charge is -2.03. The normalized spacial score (nSPS) is 10.5. The van der Waals surface area contributed by atoms with Gasteiger partial charge in [0.25, 0.3) is 0 Å². The molecule has 88 valence electrons. The van der Waals surface area contributed by atoms with E-state index in [1.165, 1.54) is 11.8 Å². The number of halogens is 1. The van der Waals surface area contributed by atoms with Gasteiger partial charge in [-0.15, -0.1) is 11.8 Å². The van der Waals surface area contributed by atoms with Crippen LogP contribution in [0.4, 0.5) is 0 Å². The highest BCUT2D eigenvalue weighted by Gasteiger charge is 2.04. The monoisotopic (exact) mass is 266 g/mol. The third-order valence-corrected chi connectivity index (χ3v) is 3.53. The van der Waals surface area contributed by atoms with Crippen molar-refractivity contribution in [2.75, 3.05) is 0 Å². The van der Waals surface area contributed by atoms with Crippen molar-refractivity contribution in [3.05, 3.63) is 57.2 Å². The van der Waals surface area contributed by atoms with E-state index in [2.05, 4.69) is 16.0 Å². The van der Waals surface area contributed by atoms with Gasteiger partial charge in [0.1, 0.15) is 0 Å². The number of thioether (sulfide) groups is 1. The second-order valence-corrected chi connectivity index (χ2v) is 5.06. The molecule has 3 nitrogen and oxygen atoms in total. The molecule has 0 spiro atoms. The fourth-order valence-electron chi connectivity index (χ4n) is 1.37. The van der Waals surface area contributed by atoms with Crippen molar-refractivity contribution in [3.8, 4) is 0 Å². The molecule has 0 radical (unpaired) electrons. The molecule has 2 rings (SSSR count). The SMILES string of the molecule is Cc1cccc(SCc2nc(=O)[nH]cc2Cl)c1. The van der Waals surface area contributed by atoms with Gasteiger partial charge in [0.05, 0.1) is 10.7 Å². The molecular weight excluding hydrogens is 256 g/mol. The molecule has 0 fully saturated rings. The summed E-state index contributed by atoms with van der Waals surface area (Å²) >= 11 is 7.56. The Labute approximate surface area is 108 Å². The third kappa shape index (κ3) is 3.35. The van der Waals surface area contributed by atoms with Crippen molar-refractivity contribution >= 4 is 23.4 Å². The summed E-state index contributed by atoms with van der Waals surface area (Å²) in [4.78, 5) is 18.5. The highest BCUT2D eigenvalue weighted by molar-refractivity contribution is 7.98. The van der Waals surface area contributed by atoms with Crippen molar-refractivity contribution in [3.63, 3.8) is 0 Å². The maximum absolute atomic E-state index is 11.1. The smallest absolute Gasteiger partial charge is 0.311 e. The third-order valence-electron chi connectivity index (χ3n) is 2.20. The molecule has 0 aliphatic rings. The Bertz CT molecular complexity index is 583. The van der Waals surface area contributed by atoms with Crippen LogP contribution in [0.3, 0.4) is 0 Å². The molecule has 0 saturated carbocycles. The lowest BCUT2D eigenvalue weighted by atomic mass is 10.2. The van der Waals surface area contributed by atoms with Gasteiger partial charge in [-0.3, -0.25) is 0 Å². The standard InChI is InChI=1S/C12H11ClN2OS/c1-8-3-2-4-9(5-8)17-7-11-10(13)6-14-12(16)15-11/h2-6H,7H2,1H3,(H,14,15,16). The Balaban J connectivity index is 2.12. The quantitative estimate of drug-likeness (QED) is 0.869. The van der Waals surface area contributed by atoms with Crippen LogP contribution in [0, 0.1) is 6.92 Å². The Morgan fingerprint density at radius 1 is 1.47 bits per heavy atom. The van der Waals surface area contributed by atoms with Crippen molar-refractivity contribution in [1.29, 1.82) is 0 Å². The Hall–Kier alpha value is -1.26. The first-order chi connectivity index (χ1) is 8.15. The Kier molecular flexibility index (Phi) is 3.86. The highest BCUT2D eigenvalue weighted by Crippen LogP contribution is 2.24. The summed E-state index contributed by atoms with van der Waals surface area (Å²) in [6.07, 6.45) is 1.48. The molecule has 0 atom stereocenters. The molecule has 1 aromatic heterocycles. The predicted molar refractivity (Wildman–Crippen MR) is 70.6 cm³/mol. The van der Waals surface area contributed by atoms with Crippen molar-refractivity contribution in [2.45, 2.75) is 17.6 Å². The van der Waals surface area contributed by atoms with E-state index >= 15 is 0 Å². The molecule has 0 bridgehead atoms. The topological polar surface area (TPSA) is 45.8 Å². The second-order valence-electron chi connectivity index (χ2n) is 3.61. The lowest BCUT2D eigenvalue weighted by molar-refractivity contribution is 1.02. The van der Waals surface area contributed by atoms with E-state index in [4.69, 9.17) is 11.6 Å². The van der Waals surface area contributed by atoms with Crippen LogP contribution in [0.2, 0.25) is 5.02 Å². The van der Waals surface area contributed by atoms with Crippen LogP contribution in [-0.2, 0) is 5.75 Å². The largest absolute Gasteiger partial charge is 0.345 e. The minimum atomic E-state index is -0.366. The fraction of sp³-hybridized carbons (Fsp3) is 0.167. The van der Waals surface area contributed by atoms with E-state index in [1.807, 2.05) is 25.1 Å². The molecule has 1 aromatic carbocycles. The maximum atomic E-state index is 11.1. The molecule has 0 saturated heterocycles. The van der Waals surface area contributed by atoms with Gasteiger partial charge >= 0.3 is 5.69 Å². The van der Waals surface area contributed by atoms with E-state index in [0.29, 0.717) is 16.5 Å². The summed E-state index contributed by atoms with van der Waals surface area (Å²) < 4.78 is 0. The number of rotatable bonds is 3. The van der Waals surface area contributed by atoms with Gasteiger partial charge in [0.15, 0.2) is 0 Å². The van der Waals surface area contributed by atoms with E-state index in [-0.39, 0.29) is 5.69 Å². The van der Waals surface area contributed by atoms with Gasteiger partial charge < -0.3 is 4.98 Å². The number of aromatic nitrogens is 2. The Morgan fingerprint density at radius 3 is 3.06 bits per heavy atom. The van der Waals surface area contributed by atoms with Crippen LogP contribution < -0.4 is 5.69 Å². The average molecular weight is 267 g/mol. The maximum Gasteiger partial charge on any atom is 0.345 e. The zero-order valence-corrected chi connectivity index (χ0v) is 10.8. The number of aryl methyl sites for hydroxylation is 1. The van der Waals surface area contributed by atoms with Gasteiger partial charge in [0.2, 0.25) is 0 Å². The number of aromatic amines is 1. The van der Waals surface area contributed by atoms with Crippen LogP contribution in [0.15, 0.2) is 40.2 Å². The number of nitrogens with zero attached hydrogens (tertiary/aromatic N) is 1. The molecule has 17 heavy (non-hydrogen) atoms. The molecule has 0 amide bonds. The number of benzene rings is 1. The zero-order chi connectivity index (χ0) is 12.3. The molecule has 5 heteroatoms. The van der Waals surface area contributed by atoms with Crippen LogP contribution >= 0.6 is 23.4 Å². The predicted octanol–water partition coefficient (Wildman–Crippen LogP) is 3.02. The second kappa shape index (κ2) is 5.38. The lowest BCUT2D eigenvalue weighted by Crippen LogP contribution is -2.11. The molecule has 0 aliphatic heterocycles. The molecule has 0 aliphatic carbocycles. The molecule has 1 heterocycles.